The maximum Gasteiger partial charge on any atom is 0.351 e. The summed E-state index contributed by atoms with van der Waals surface area (Å²) in [6.45, 7) is 0.831. The molecule has 4 rings (SSSR count). The van der Waals surface area contributed by atoms with Crippen LogP contribution in [0.1, 0.15) is 24.5 Å². The second kappa shape index (κ2) is 10.4. The van der Waals surface area contributed by atoms with Gasteiger partial charge in [0.1, 0.15) is 29.9 Å². The molecule has 1 N–H and O–H groups in total. The first-order valence-corrected chi connectivity index (χ1v) is 11.2. The minimum absolute atomic E-state index is 0.000727. The Morgan fingerprint density at radius 1 is 1.14 bits per heavy atom. The highest BCUT2D eigenvalue weighted by atomic mass is 35.5. The van der Waals surface area contributed by atoms with Crippen LogP contribution in [0.5, 0.6) is 5.88 Å². The third-order valence-corrected chi connectivity index (χ3v) is 5.82. The number of hydrogen-bond acceptors (Lipinski definition) is 6. The smallest absolute Gasteiger partial charge is 0.351 e. The Hall–Kier alpha value is -3.83. The Morgan fingerprint density at radius 3 is 2.61 bits per heavy atom. The van der Waals surface area contributed by atoms with Crippen molar-refractivity contribution in [1.82, 2.24) is 9.55 Å². The van der Waals surface area contributed by atoms with Gasteiger partial charge in [-0.25, -0.2) is 13.6 Å². The van der Waals surface area contributed by atoms with E-state index in [1.54, 1.807) is 18.2 Å². The van der Waals surface area contributed by atoms with Gasteiger partial charge in [-0.05, 0) is 29.8 Å². The predicted molar refractivity (Wildman–Crippen MR) is 127 cm³/mol. The van der Waals surface area contributed by atoms with Crippen LogP contribution in [-0.2, 0) is 22.7 Å². The molecule has 0 unspecified atom stereocenters. The molecule has 1 aromatic heterocycles. The number of carbonyl (C=O) groups is 2. The molecule has 0 atom stereocenters. The van der Waals surface area contributed by atoms with Gasteiger partial charge in [-0.15, -0.1) is 0 Å². The van der Waals surface area contributed by atoms with Gasteiger partial charge in [0.2, 0.25) is 17.7 Å². The molecular weight excluding hydrogens is 498 g/mol. The number of aliphatic hydroxyl groups excluding tert-OH is 1. The van der Waals surface area contributed by atoms with Crippen LogP contribution in [-0.4, -0.2) is 39.7 Å². The van der Waals surface area contributed by atoms with Gasteiger partial charge in [0, 0.05) is 24.8 Å². The summed E-state index contributed by atoms with van der Waals surface area (Å²) in [6, 6.07) is 8.07. The summed E-state index contributed by atoms with van der Waals surface area (Å²) >= 11 is 6.22. The molecule has 0 saturated carbocycles. The monoisotopic (exact) mass is 518 g/mol. The molecule has 188 valence electrons. The van der Waals surface area contributed by atoms with E-state index in [1.807, 2.05) is 0 Å². The molecule has 0 spiro atoms. The zero-order valence-corrected chi connectivity index (χ0v) is 19.8. The Kier molecular flexibility index (Phi) is 7.32. The summed E-state index contributed by atoms with van der Waals surface area (Å²) in [5.41, 5.74) is 1.03. The van der Waals surface area contributed by atoms with Crippen molar-refractivity contribution in [3.8, 4) is 5.88 Å². The summed E-state index contributed by atoms with van der Waals surface area (Å²) in [7, 11) is 0. The normalized spacial score (nSPS) is 12.6. The second-order valence-electron chi connectivity index (χ2n) is 8.04. The SMILES string of the molecule is CC(=O)N1CN(C(=O)CCO)c2cc(Cn3cc(Cl)c(OCc4ccc(F)cc4F)nc3=O)ccc21. The summed E-state index contributed by atoms with van der Waals surface area (Å²) in [6.07, 6.45) is 1.22. The molecule has 9 nitrogen and oxygen atoms in total. The van der Waals surface area contributed by atoms with Gasteiger partial charge in [0.05, 0.1) is 30.9 Å². The first-order valence-electron chi connectivity index (χ1n) is 10.8. The topological polar surface area (TPSA) is 105 Å². The van der Waals surface area contributed by atoms with E-state index in [0.29, 0.717) is 16.9 Å². The lowest BCUT2D eigenvalue weighted by Gasteiger charge is -2.17. The average Bonchev–Trinajstić information content (AvgIpc) is 3.21. The quantitative estimate of drug-likeness (QED) is 0.516. The van der Waals surface area contributed by atoms with Crippen LogP contribution < -0.4 is 20.2 Å². The van der Waals surface area contributed by atoms with E-state index in [0.717, 1.165) is 12.1 Å². The van der Waals surface area contributed by atoms with E-state index in [1.165, 1.54) is 33.6 Å². The number of aliphatic hydroxyl groups is 1. The molecule has 2 amide bonds. The van der Waals surface area contributed by atoms with Gasteiger partial charge in [-0.1, -0.05) is 17.7 Å². The van der Waals surface area contributed by atoms with E-state index in [4.69, 9.17) is 21.4 Å². The summed E-state index contributed by atoms with van der Waals surface area (Å²) in [5.74, 6) is -2.32. The third kappa shape index (κ3) is 5.21. The van der Waals surface area contributed by atoms with E-state index in [-0.39, 0.29) is 61.1 Å². The van der Waals surface area contributed by atoms with Crippen molar-refractivity contribution in [3.63, 3.8) is 0 Å². The van der Waals surface area contributed by atoms with Crippen LogP contribution in [0.4, 0.5) is 20.2 Å². The first-order chi connectivity index (χ1) is 17.2. The number of anilines is 2. The summed E-state index contributed by atoms with van der Waals surface area (Å²) in [4.78, 5) is 43.7. The molecule has 0 radical (unpaired) electrons. The largest absolute Gasteiger partial charge is 0.471 e. The number of ether oxygens (including phenoxy) is 1. The maximum atomic E-state index is 13.8. The number of halogens is 3. The molecule has 1 aliphatic rings. The lowest BCUT2D eigenvalue weighted by Crippen LogP contribution is -2.37. The number of fused-ring (bicyclic) bond motifs is 1. The van der Waals surface area contributed by atoms with Crippen molar-refractivity contribution in [2.75, 3.05) is 23.1 Å². The predicted octanol–water partition coefficient (Wildman–Crippen LogP) is 2.84. The number of rotatable bonds is 7. The average molecular weight is 519 g/mol. The molecule has 0 saturated heterocycles. The van der Waals surface area contributed by atoms with Crippen molar-refractivity contribution < 1.29 is 28.2 Å². The van der Waals surface area contributed by atoms with E-state index in [9.17, 15) is 23.2 Å². The zero-order valence-electron chi connectivity index (χ0n) is 19.1. The van der Waals surface area contributed by atoms with Crippen molar-refractivity contribution in [3.05, 3.63) is 80.9 Å². The zero-order chi connectivity index (χ0) is 26.0. The van der Waals surface area contributed by atoms with Crippen molar-refractivity contribution in [1.29, 1.82) is 0 Å². The first kappa shape index (κ1) is 25.3. The lowest BCUT2D eigenvalue weighted by molar-refractivity contribution is -0.119. The Balaban J connectivity index is 1.55. The van der Waals surface area contributed by atoms with E-state index >= 15 is 0 Å². The molecule has 3 aromatic rings. The summed E-state index contributed by atoms with van der Waals surface area (Å²) < 4.78 is 33.5. The molecule has 2 heterocycles. The number of aromatic nitrogens is 2. The van der Waals surface area contributed by atoms with Crippen LogP contribution in [0.15, 0.2) is 47.4 Å². The number of nitrogens with zero attached hydrogens (tertiary/aromatic N) is 4. The standard InChI is InChI=1S/C24H21ClF2N4O5/c1-14(33)30-13-31(22(34)6-7-32)21-8-15(2-5-20(21)30)10-29-11-18(25)23(28-24(29)35)36-12-16-3-4-17(26)9-19(16)27/h2-5,8-9,11,32H,6-7,10,12-13H2,1H3. The van der Waals surface area contributed by atoms with Gasteiger partial charge in [0.15, 0.2) is 0 Å². The van der Waals surface area contributed by atoms with Crippen LogP contribution in [0, 0.1) is 11.6 Å². The second-order valence-corrected chi connectivity index (χ2v) is 8.44. The minimum Gasteiger partial charge on any atom is -0.471 e. The number of carbonyl (C=O) groups excluding carboxylic acids is 2. The van der Waals surface area contributed by atoms with Gasteiger partial charge in [-0.3, -0.25) is 24.0 Å². The van der Waals surface area contributed by atoms with Gasteiger partial charge in [0.25, 0.3) is 0 Å². The molecule has 0 bridgehead atoms. The van der Waals surface area contributed by atoms with E-state index < -0.39 is 17.3 Å². The fourth-order valence-electron chi connectivity index (χ4n) is 3.77. The molecule has 36 heavy (non-hydrogen) atoms. The number of amides is 2. The molecule has 2 aromatic carbocycles. The van der Waals surface area contributed by atoms with Crippen molar-refractivity contribution >= 4 is 34.8 Å². The van der Waals surface area contributed by atoms with Crippen LogP contribution >= 0.6 is 11.6 Å². The highest BCUT2D eigenvalue weighted by Gasteiger charge is 2.32. The van der Waals surface area contributed by atoms with Crippen LogP contribution in [0.3, 0.4) is 0 Å². The van der Waals surface area contributed by atoms with Crippen molar-refractivity contribution in [2.45, 2.75) is 26.5 Å². The third-order valence-electron chi connectivity index (χ3n) is 5.56. The van der Waals surface area contributed by atoms with Crippen molar-refractivity contribution in [2.24, 2.45) is 0 Å². The molecular formula is C24H21ClF2N4O5. The number of hydrogen-bond donors (Lipinski definition) is 1. The fourth-order valence-corrected chi connectivity index (χ4v) is 3.98. The lowest BCUT2D eigenvalue weighted by atomic mass is 10.1. The number of benzene rings is 2. The molecule has 12 heteroatoms. The summed E-state index contributed by atoms with van der Waals surface area (Å²) in [5, 5.41) is 9.15. The highest BCUT2D eigenvalue weighted by molar-refractivity contribution is 6.31. The van der Waals surface area contributed by atoms with E-state index in [2.05, 4.69) is 4.98 Å². The molecule has 0 aliphatic carbocycles. The van der Waals surface area contributed by atoms with Crippen LogP contribution in [0.2, 0.25) is 5.02 Å². The molecule has 1 aliphatic heterocycles. The van der Waals surface area contributed by atoms with Gasteiger partial charge < -0.3 is 9.84 Å². The van der Waals surface area contributed by atoms with Crippen LogP contribution in [0.25, 0.3) is 0 Å². The minimum atomic E-state index is -0.800. The van der Waals surface area contributed by atoms with Gasteiger partial charge in [-0.2, -0.15) is 4.98 Å². The Morgan fingerprint density at radius 2 is 1.92 bits per heavy atom. The van der Waals surface area contributed by atoms with Gasteiger partial charge >= 0.3 is 5.69 Å². The Labute approximate surface area is 209 Å². The Bertz CT molecular complexity index is 1400. The molecule has 0 fully saturated rings. The highest BCUT2D eigenvalue weighted by Crippen LogP contribution is 2.37. The maximum absolute atomic E-state index is 13.8. The fraction of sp³-hybridized carbons (Fsp3) is 0.250.